The van der Waals surface area contributed by atoms with Crippen molar-refractivity contribution in [2.24, 2.45) is 9.98 Å². The second-order valence-electron chi connectivity index (χ2n) is 14.0. The molecule has 2 aromatic carbocycles. The molecule has 3 heterocycles. The van der Waals surface area contributed by atoms with Crippen LogP contribution in [0.5, 0.6) is 0 Å². The number of aldehydes is 1. The van der Waals surface area contributed by atoms with Crippen molar-refractivity contribution in [3.8, 4) is 0 Å². The average molecular weight is 826 g/mol. The molecule has 2 unspecified atom stereocenters. The van der Waals surface area contributed by atoms with Gasteiger partial charge in [0.15, 0.2) is 0 Å². The van der Waals surface area contributed by atoms with Crippen molar-refractivity contribution in [2.45, 2.75) is 64.3 Å². The SMILES string of the molecule is C=N/C(=C\C=C/Cc1ccc(Cl)cc1F)C1=CCN(CC2=NC3=CC(NC)=CCC3(C)N2CC(C)OCCC)CC1.CO.O=Cc1cc(C(F)(F)F)c2[nH]ncc2c1. The predicted molar refractivity (Wildman–Crippen MR) is 224 cm³/mol. The molecule has 0 saturated carbocycles. The number of benzene rings is 2. The molecule has 0 bridgehead atoms. The van der Waals surface area contributed by atoms with E-state index in [1.54, 1.807) is 12.1 Å². The molecule has 1 aliphatic carbocycles. The first-order valence-corrected chi connectivity index (χ1v) is 19.4. The number of aromatic amines is 1. The standard InChI is InChI=1S/C33H43ClFN5O.C9H5F3N2O.CH4O/c1-6-19-41-24(2)22-40-32(38-31-21-28(36-4)13-16-33(31,40)3)23-39-17-14-26(15-18-39)30(37-5)10-8-7-9-25-11-12-27(34)20-29(25)35;10-9(11,12)7-2-5(4-15)1-6-3-13-14-8(6)7;1-2/h7-8,10-14,20-21,24,36H,5-6,9,15-19,22-23H2,1-4H3;1-4H,(H,13,14);2H,1H3/b8-7-,30-10-;;. The average Bonchev–Trinajstić information content (AvgIpc) is 3.79. The van der Waals surface area contributed by atoms with Crippen molar-refractivity contribution in [3.63, 3.8) is 0 Å². The first-order chi connectivity index (χ1) is 27.8. The number of carbonyl (C=O) groups excluding carboxylic acids is 1. The van der Waals surface area contributed by atoms with Crippen molar-refractivity contribution >= 4 is 41.3 Å². The Morgan fingerprint density at radius 3 is 2.66 bits per heavy atom. The van der Waals surface area contributed by atoms with E-state index in [0.29, 0.717) is 23.3 Å². The molecule has 3 N–H and O–H groups in total. The summed E-state index contributed by atoms with van der Waals surface area (Å²) in [5.41, 5.74) is 3.71. The van der Waals surface area contributed by atoms with Gasteiger partial charge in [-0.2, -0.15) is 18.3 Å². The third kappa shape index (κ3) is 11.6. The van der Waals surface area contributed by atoms with E-state index in [4.69, 9.17) is 26.4 Å². The van der Waals surface area contributed by atoms with Crippen LogP contribution in [0.1, 0.15) is 61.5 Å². The van der Waals surface area contributed by atoms with Gasteiger partial charge in [-0.15, -0.1) is 0 Å². The Bertz CT molecular complexity index is 2090. The third-order valence-corrected chi connectivity index (χ3v) is 10.2. The molecule has 1 aromatic heterocycles. The molecule has 312 valence electrons. The van der Waals surface area contributed by atoms with Crippen LogP contribution in [0.4, 0.5) is 17.6 Å². The summed E-state index contributed by atoms with van der Waals surface area (Å²) in [6, 6.07) is 6.91. The number of H-pyrrole nitrogens is 1. The van der Waals surface area contributed by atoms with Crippen LogP contribution >= 0.6 is 11.6 Å². The molecule has 3 aliphatic rings. The summed E-state index contributed by atoms with van der Waals surface area (Å²) in [6.45, 7) is 14.4. The Kier molecular flexibility index (Phi) is 16.8. The smallest absolute Gasteiger partial charge is 0.400 e. The van der Waals surface area contributed by atoms with E-state index in [-0.39, 0.29) is 33.9 Å². The third-order valence-electron chi connectivity index (χ3n) is 9.97. The minimum Gasteiger partial charge on any atom is -0.400 e. The van der Waals surface area contributed by atoms with Gasteiger partial charge in [-0.1, -0.05) is 48.9 Å². The maximum absolute atomic E-state index is 14.1. The van der Waals surface area contributed by atoms with Gasteiger partial charge in [-0.25, -0.2) is 9.38 Å². The van der Waals surface area contributed by atoms with Crippen LogP contribution in [0.3, 0.4) is 0 Å². The van der Waals surface area contributed by atoms with Crippen LogP contribution in [0.15, 0.2) is 106 Å². The van der Waals surface area contributed by atoms with Gasteiger partial charge < -0.3 is 20.1 Å². The highest BCUT2D eigenvalue weighted by atomic mass is 35.5. The van der Waals surface area contributed by atoms with Crippen LogP contribution in [0.25, 0.3) is 10.9 Å². The zero-order valence-corrected chi connectivity index (χ0v) is 34.3. The van der Waals surface area contributed by atoms with Crippen molar-refractivity contribution in [3.05, 3.63) is 123 Å². The maximum atomic E-state index is 14.1. The number of hydrogen-bond donors (Lipinski definition) is 3. The molecule has 0 amide bonds. The quantitative estimate of drug-likeness (QED) is 0.0646. The lowest BCUT2D eigenvalue weighted by molar-refractivity contribution is -0.136. The normalized spacial score (nSPS) is 18.9. The zero-order valence-electron chi connectivity index (χ0n) is 33.5. The number of hydrogen-bond acceptors (Lipinski definition) is 9. The topological polar surface area (TPSA) is 118 Å². The van der Waals surface area contributed by atoms with Gasteiger partial charge in [0, 0.05) is 62.1 Å². The minimum absolute atomic E-state index is 0.0174. The van der Waals surface area contributed by atoms with E-state index in [1.807, 2.05) is 25.3 Å². The van der Waals surface area contributed by atoms with Gasteiger partial charge in [-0.3, -0.25) is 19.8 Å². The summed E-state index contributed by atoms with van der Waals surface area (Å²) >= 11 is 5.85. The molecule has 2 atom stereocenters. The fourth-order valence-corrected chi connectivity index (χ4v) is 7.01. The molecule has 15 heteroatoms. The zero-order chi connectivity index (χ0) is 42.5. The first-order valence-electron chi connectivity index (χ1n) is 19.0. The summed E-state index contributed by atoms with van der Waals surface area (Å²) in [7, 11) is 2.96. The van der Waals surface area contributed by atoms with Crippen molar-refractivity contribution in [2.75, 3.05) is 46.9 Å². The van der Waals surface area contributed by atoms with E-state index >= 15 is 0 Å². The predicted octanol–water partition coefficient (Wildman–Crippen LogP) is 8.48. The number of ether oxygens (including phenoxy) is 1. The number of aliphatic hydroxyl groups excluding tert-OH is 1. The summed E-state index contributed by atoms with van der Waals surface area (Å²) in [4.78, 5) is 24.8. The summed E-state index contributed by atoms with van der Waals surface area (Å²) in [6.07, 6.45) is 13.0. The van der Waals surface area contributed by atoms with Gasteiger partial charge in [0.25, 0.3) is 0 Å². The lowest BCUT2D eigenvalue weighted by Crippen LogP contribution is -2.52. The number of halogens is 5. The van der Waals surface area contributed by atoms with Crippen molar-refractivity contribution in [1.82, 2.24) is 25.3 Å². The summed E-state index contributed by atoms with van der Waals surface area (Å²) in [5.74, 6) is 0.809. The highest BCUT2D eigenvalue weighted by molar-refractivity contribution is 6.30. The second kappa shape index (κ2) is 21.2. The Labute approximate surface area is 342 Å². The Morgan fingerprint density at radius 2 is 2.02 bits per heavy atom. The van der Waals surface area contributed by atoms with Crippen LogP contribution in [-0.2, 0) is 17.3 Å². The Morgan fingerprint density at radius 1 is 1.24 bits per heavy atom. The number of allylic oxidation sites excluding steroid dienone is 5. The number of nitrogens with zero attached hydrogens (tertiary/aromatic N) is 5. The maximum Gasteiger partial charge on any atom is 0.418 e. The van der Waals surface area contributed by atoms with Gasteiger partial charge in [0.1, 0.15) is 17.9 Å². The number of alkyl halides is 3. The highest BCUT2D eigenvalue weighted by Crippen LogP contribution is 2.40. The molecule has 0 fully saturated rings. The van der Waals surface area contributed by atoms with Crippen LogP contribution < -0.4 is 5.32 Å². The fourth-order valence-electron chi connectivity index (χ4n) is 6.85. The molecule has 3 aromatic rings. The number of carbonyl (C=O) groups is 1. The van der Waals surface area contributed by atoms with Crippen molar-refractivity contribution in [1.29, 1.82) is 0 Å². The largest absolute Gasteiger partial charge is 0.418 e. The number of likely N-dealkylation sites (N-methyl/N-ethyl adjacent to an activating group) is 1. The monoisotopic (exact) mass is 825 g/mol. The van der Waals surface area contributed by atoms with Crippen LogP contribution in [0, 0.1) is 5.82 Å². The lowest BCUT2D eigenvalue weighted by Gasteiger charge is -2.41. The van der Waals surface area contributed by atoms with E-state index in [2.05, 4.69) is 76.0 Å². The van der Waals surface area contributed by atoms with Crippen LogP contribution in [-0.4, -0.2) is 103 Å². The molecule has 2 aliphatic heterocycles. The first kappa shape index (κ1) is 45.8. The van der Waals surface area contributed by atoms with E-state index in [0.717, 1.165) is 88.2 Å². The minimum atomic E-state index is -4.50. The number of fused-ring (bicyclic) bond motifs is 2. The van der Waals surface area contributed by atoms with Crippen LogP contribution in [0.2, 0.25) is 5.02 Å². The summed E-state index contributed by atoms with van der Waals surface area (Å²) in [5, 5.41) is 16.7. The number of rotatable bonds is 14. The molecule has 58 heavy (non-hydrogen) atoms. The van der Waals surface area contributed by atoms with Gasteiger partial charge in [-0.05, 0) is 93.8 Å². The number of aromatic nitrogens is 2. The number of aliphatic imine (C=N–C) groups is 2. The Hall–Kier alpha value is -4.89. The summed E-state index contributed by atoms with van der Waals surface area (Å²) < 4.78 is 57.8. The number of amidine groups is 1. The Balaban J connectivity index is 0.000000363. The molecule has 0 spiro atoms. The number of nitrogens with one attached hydrogen (secondary N) is 2. The highest BCUT2D eigenvalue weighted by Gasteiger charge is 2.44. The van der Waals surface area contributed by atoms with Gasteiger partial charge in [0.2, 0.25) is 0 Å². The second-order valence-corrected chi connectivity index (χ2v) is 14.5. The fraction of sp³-hybridized carbons (Fsp3) is 0.395. The molecular weight excluding hydrogens is 774 g/mol. The van der Waals surface area contributed by atoms with Crippen molar-refractivity contribution < 1.29 is 32.2 Å². The molecule has 10 nitrogen and oxygen atoms in total. The molecule has 0 saturated heterocycles. The van der Waals surface area contributed by atoms with Gasteiger partial charge in [0.05, 0.1) is 46.9 Å². The van der Waals surface area contributed by atoms with Gasteiger partial charge >= 0.3 is 6.18 Å². The molecule has 0 radical (unpaired) electrons. The molecular formula is C43H52ClF4N7O3. The molecule has 6 rings (SSSR count). The van der Waals surface area contributed by atoms with E-state index in [1.165, 1.54) is 23.9 Å². The number of aliphatic hydroxyl groups is 1. The van der Waals surface area contributed by atoms with E-state index in [9.17, 15) is 22.4 Å². The lowest BCUT2D eigenvalue weighted by atomic mass is 9.87. The van der Waals surface area contributed by atoms with E-state index < -0.39 is 11.7 Å².